The summed E-state index contributed by atoms with van der Waals surface area (Å²) in [4.78, 5) is 24.1. The van der Waals surface area contributed by atoms with E-state index in [4.69, 9.17) is 9.47 Å². The van der Waals surface area contributed by atoms with Crippen LogP contribution >= 0.6 is 0 Å². The van der Waals surface area contributed by atoms with E-state index >= 15 is 0 Å². The van der Waals surface area contributed by atoms with Gasteiger partial charge in [-0.25, -0.2) is 4.79 Å². The van der Waals surface area contributed by atoms with Gasteiger partial charge in [-0.3, -0.25) is 4.79 Å². The van der Waals surface area contributed by atoms with Crippen LogP contribution in [0, 0.1) is 13.8 Å². The highest BCUT2D eigenvalue weighted by atomic mass is 16.6. The van der Waals surface area contributed by atoms with Crippen LogP contribution in [-0.4, -0.2) is 24.6 Å². The lowest BCUT2D eigenvalue weighted by molar-refractivity contribution is -0.154. The standard InChI is InChI=1S/C20H23NO4/c1-4-18(25-16-8-6-5-7-9-16)20(23)24-13-19(22)21-17-12-14(2)10-11-15(17)3/h5-12,18H,4,13H2,1-3H3,(H,21,22)/t18-/m0/s1. The fourth-order valence-corrected chi connectivity index (χ4v) is 2.25. The maximum absolute atomic E-state index is 12.1. The van der Waals surface area contributed by atoms with Crippen molar-refractivity contribution in [3.63, 3.8) is 0 Å². The number of benzene rings is 2. The number of amides is 1. The third-order valence-electron chi connectivity index (χ3n) is 3.67. The molecule has 0 fully saturated rings. The third kappa shape index (κ3) is 5.64. The Morgan fingerprint density at radius 2 is 1.80 bits per heavy atom. The second-order valence-corrected chi connectivity index (χ2v) is 5.80. The smallest absolute Gasteiger partial charge is 0.347 e. The minimum atomic E-state index is -0.740. The predicted molar refractivity (Wildman–Crippen MR) is 96.7 cm³/mol. The van der Waals surface area contributed by atoms with Crippen LogP contribution in [0.3, 0.4) is 0 Å². The molecule has 5 heteroatoms. The van der Waals surface area contributed by atoms with E-state index in [0.29, 0.717) is 17.9 Å². The Morgan fingerprint density at radius 3 is 2.48 bits per heavy atom. The molecular weight excluding hydrogens is 318 g/mol. The minimum absolute atomic E-state index is 0.346. The molecule has 0 aliphatic rings. The summed E-state index contributed by atoms with van der Waals surface area (Å²) >= 11 is 0. The zero-order valence-corrected chi connectivity index (χ0v) is 14.7. The molecule has 0 radical (unpaired) electrons. The van der Waals surface area contributed by atoms with Crippen LogP contribution < -0.4 is 10.1 Å². The summed E-state index contributed by atoms with van der Waals surface area (Å²) in [6.45, 7) is 5.33. The van der Waals surface area contributed by atoms with Crippen molar-refractivity contribution < 1.29 is 19.1 Å². The van der Waals surface area contributed by atoms with Gasteiger partial charge in [-0.05, 0) is 49.6 Å². The summed E-state index contributed by atoms with van der Waals surface area (Å²) in [6, 6.07) is 14.8. The molecule has 132 valence electrons. The number of hydrogen-bond acceptors (Lipinski definition) is 4. The summed E-state index contributed by atoms with van der Waals surface area (Å²) in [5.41, 5.74) is 2.71. The maximum atomic E-state index is 12.1. The van der Waals surface area contributed by atoms with E-state index in [9.17, 15) is 9.59 Å². The fraction of sp³-hybridized carbons (Fsp3) is 0.300. The lowest BCUT2D eigenvalue weighted by atomic mass is 10.1. The molecule has 0 saturated heterocycles. The zero-order chi connectivity index (χ0) is 18.2. The van der Waals surface area contributed by atoms with Gasteiger partial charge in [0, 0.05) is 5.69 Å². The summed E-state index contributed by atoms with van der Waals surface area (Å²) in [7, 11) is 0. The molecule has 0 saturated carbocycles. The molecule has 0 spiro atoms. The van der Waals surface area contributed by atoms with Crippen molar-refractivity contribution in [3.05, 3.63) is 59.7 Å². The minimum Gasteiger partial charge on any atom is -0.479 e. The monoisotopic (exact) mass is 341 g/mol. The zero-order valence-electron chi connectivity index (χ0n) is 14.7. The normalized spacial score (nSPS) is 11.5. The molecule has 25 heavy (non-hydrogen) atoms. The van der Waals surface area contributed by atoms with E-state index in [0.717, 1.165) is 11.1 Å². The summed E-state index contributed by atoms with van der Waals surface area (Å²) in [5, 5.41) is 2.76. The third-order valence-corrected chi connectivity index (χ3v) is 3.67. The van der Waals surface area contributed by atoms with Crippen LogP contribution in [-0.2, 0) is 14.3 Å². The van der Waals surface area contributed by atoms with E-state index in [1.807, 2.05) is 57.2 Å². The second-order valence-electron chi connectivity index (χ2n) is 5.80. The largest absolute Gasteiger partial charge is 0.479 e. The first kappa shape index (κ1) is 18.5. The molecule has 5 nitrogen and oxygen atoms in total. The predicted octanol–water partition coefficient (Wildman–Crippen LogP) is 3.64. The van der Waals surface area contributed by atoms with Crippen LogP contribution in [0.4, 0.5) is 5.69 Å². The second kappa shape index (κ2) is 8.87. The van der Waals surface area contributed by atoms with Gasteiger partial charge in [-0.15, -0.1) is 0 Å². The molecule has 0 bridgehead atoms. The fourth-order valence-electron chi connectivity index (χ4n) is 2.25. The molecule has 2 aromatic carbocycles. The van der Waals surface area contributed by atoms with Gasteiger partial charge in [0.15, 0.2) is 12.7 Å². The van der Waals surface area contributed by atoms with Crippen LogP contribution in [0.5, 0.6) is 5.75 Å². The van der Waals surface area contributed by atoms with Crippen LogP contribution in [0.2, 0.25) is 0 Å². The molecule has 1 amide bonds. The molecule has 0 unspecified atom stereocenters. The van der Waals surface area contributed by atoms with Crippen molar-refractivity contribution >= 4 is 17.6 Å². The van der Waals surface area contributed by atoms with Crippen LogP contribution in [0.25, 0.3) is 0 Å². The Kier molecular flexibility index (Phi) is 6.57. The molecule has 0 heterocycles. The van der Waals surface area contributed by atoms with Crippen molar-refractivity contribution in [1.82, 2.24) is 0 Å². The highest BCUT2D eigenvalue weighted by molar-refractivity contribution is 5.93. The number of rotatable bonds is 7. The Bertz CT molecular complexity index is 728. The highest BCUT2D eigenvalue weighted by Gasteiger charge is 2.21. The number of aryl methyl sites for hydroxylation is 2. The van der Waals surface area contributed by atoms with E-state index in [1.54, 1.807) is 12.1 Å². The molecule has 2 rings (SSSR count). The molecule has 1 atom stereocenters. The summed E-state index contributed by atoms with van der Waals surface area (Å²) in [5.74, 6) is -0.342. The quantitative estimate of drug-likeness (QED) is 0.781. The van der Waals surface area contributed by atoms with Gasteiger partial charge in [0.05, 0.1) is 0 Å². The van der Waals surface area contributed by atoms with E-state index in [1.165, 1.54) is 0 Å². The van der Waals surface area contributed by atoms with Gasteiger partial charge in [-0.1, -0.05) is 37.3 Å². The Labute approximate surface area is 148 Å². The lowest BCUT2D eigenvalue weighted by Crippen LogP contribution is -2.31. The number of nitrogens with one attached hydrogen (secondary N) is 1. The lowest BCUT2D eigenvalue weighted by Gasteiger charge is -2.16. The van der Waals surface area contributed by atoms with Crippen molar-refractivity contribution in [3.8, 4) is 5.75 Å². The van der Waals surface area contributed by atoms with Crippen molar-refractivity contribution in [2.75, 3.05) is 11.9 Å². The molecule has 1 N–H and O–H groups in total. The Morgan fingerprint density at radius 1 is 1.08 bits per heavy atom. The summed E-state index contributed by atoms with van der Waals surface area (Å²) in [6.07, 6.45) is -0.289. The molecule has 2 aromatic rings. The number of ether oxygens (including phenoxy) is 2. The van der Waals surface area contributed by atoms with Crippen LogP contribution in [0.15, 0.2) is 48.5 Å². The van der Waals surface area contributed by atoms with Crippen LogP contribution in [0.1, 0.15) is 24.5 Å². The first-order valence-corrected chi connectivity index (χ1v) is 8.25. The van der Waals surface area contributed by atoms with Crippen molar-refractivity contribution in [2.45, 2.75) is 33.3 Å². The molecule has 0 aliphatic carbocycles. The van der Waals surface area contributed by atoms with Gasteiger partial charge in [0.1, 0.15) is 5.75 Å². The van der Waals surface area contributed by atoms with E-state index in [2.05, 4.69) is 5.32 Å². The van der Waals surface area contributed by atoms with E-state index in [-0.39, 0.29) is 12.5 Å². The van der Waals surface area contributed by atoms with Gasteiger partial charge in [-0.2, -0.15) is 0 Å². The summed E-state index contributed by atoms with van der Waals surface area (Å²) < 4.78 is 10.7. The van der Waals surface area contributed by atoms with Gasteiger partial charge in [0.25, 0.3) is 5.91 Å². The number of anilines is 1. The van der Waals surface area contributed by atoms with Crippen molar-refractivity contribution in [1.29, 1.82) is 0 Å². The molecule has 0 aromatic heterocycles. The average molecular weight is 341 g/mol. The average Bonchev–Trinajstić information content (AvgIpc) is 2.61. The van der Waals surface area contributed by atoms with Gasteiger partial charge >= 0.3 is 5.97 Å². The Hall–Kier alpha value is -2.82. The van der Waals surface area contributed by atoms with Gasteiger partial charge < -0.3 is 14.8 Å². The number of hydrogen-bond donors (Lipinski definition) is 1. The number of para-hydroxylation sites is 1. The highest BCUT2D eigenvalue weighted by Crippen LogP contribution is 2.16. The van der Waals surface area contributed by atoms with E-state index < -0.39 is 12.1 Å². The van der Waals surface area contributed by atoms with Crippen molar-refractivity contribution in [2.24, 2.45) is 0 Å². The molecule has 0 aliphatic heterocycles. The number of esters is 1. The molecular formula is C20H23NO4. The number of carbonyl (C=O) groups is 2. The first-order valence-electron chi connectivity index (χ1n) is 8.25. The Balaban J connectivity index is 1.87. The first-order chi connectivity index (χ1) is 12.0. The van der Waals surface area contributed by atoms with Gasteiger partial charge in [0.2, 0.25) is 0 Å². The maximum Gasteiger partial charge on any atom is 0.347 e. The number of carbonyl (C=O) groups excluding carboxylic acids is 2. The topological polar surface area (TPSA) is 64.6 Å². The SMILES string of the molecule is CC[C@H](Oc1ccccc1)C(=O)OCC(=O)Nc1cc(C)ccc1C.